The van der Waals surface area contributed by atoms with Crippen molar-refractivity contribution >= 4 is 5.65 Å². The lowest BCUT2D eigenvalue weighted by Gasteiger charge is -2.31. The van der Waals surface area contributed by atoms with Gasteiger partial charge in [0.25, 0.3) is 0 Å². The molecule has 4 aromatic rings. The first kappa shape index (κ1) is 17.9. The first-order valence-corrected chi connectivity index (χ1v) is 9.98. The minimum Gasteiger partial charge on any atom is -0.298 e. The Morgan fingerprint density at radius 1 is 0.966 bits per heavy atom. The van der Waals surface area contributed by atoms with Crippen LogP contribution >= 0.6 is 0 Å². The predicted molar refractivity (Wildman–Crippen MR) is 110 cm³/mol. The number of hydrogen-bond acceptors (Lipinski definition) is 4. The molecular weight excluding hydrogens is 365 g/mol. The zero-order valence-electron chi connectivity index (χ0n) is 16.1. The van der Waals surface area contributed by atoms with Crippen LogP contribution in [0.1, 0.15) is 30.1 Å². The minimum absolute atomic E-state index is 0.190. The number of benzene rings is 1. The lowest BCUT2D eigenvalue weighted by Crippen LogP contribution is -2.34. The Kier molecular flexibility index (Phi) is 4.77. The van der Waals surface area contributed by atoms with Crippen molar-refractivity contribution in [2.24, 2.45) is 0 Å². The molecule has 0 spiro atoms. The zero-order chi connectivity index (χ0) is 19.6. The molecule has 1 unspecified atom stereocenters. The van der Waals surface area contributed by atoms with Crippen LogP contribution < -0.4 is 0 Å². The summed E-state index contributed by atoms with van der Waals surface area (Å²) in [4.78, 5) is 11.3. The van der Waals surface area contributed by atoms with Crippen molar-refractivity contribution in [1.82, 2.24) is 24.5 Å². The molecule has 0 aliphatic carbocycles. The maximum atomic E-state index is 13.2. The molecule has 1 aliphatic rings. The lowest BCUT2D eigenvalue weighted by molar-refractivity contribution is 0.196. The molecule has 0 amide bonds. The average molecular weight is 387 g/mol. The second-order valence-corrected chi connectivity index (χ2v) is 7.63. The van der Waals surface area contributed by atoms with Crippen LogP contribution in [0.15, 0.2) is 67.1 Å². The molecule has 1 atom stereocenters. The van der Waals surface area contributed by atoms with E-state index in [9.17, 15) is 4.39 Å². The number of pyridine rings is 2. The largest absolute Gasteiger partial charge is 0.298 e. The first-order valence-electron chi connectivity index (χ1n) is 9.98. The van der Waals surface area contributed by atoms with Crippen molar-refractivity contribution in [2.45, 2.75) is 25.3 Å². The quantitative estimate of drug-likeness (QED) is 0.524. The Bertz CT molecular complexity index is 1110. The fourth-order valence-electron chi connectivity index (χ4n) is 4.05. The molecule has 0 bridgehead atoms. The number of likely N-dealkylation sites (tertiary alicyclic amines) is 1. The summed E-state index contributed by atoms with van der Waals surface area (Å²) >= 11 is 0. The van der Waals surface area contributed by atoms with Gasteiger partial charge in [0.05, 0.1) is 0 Å². The Hall–Kier alpha value is -3.12. The summed E-state index contributed by atoms with van der Waals surface area (Å²) in [5.74, 6) is 1.03. The van der Waals surface area contributed by atoms with Gasteiger partial charge >= 0.3 is 0 Å². The van der Waals surface area contributed by atoms with Crippen molar-refractivity contribution in [1.29, 1.82) is 0 Å². The van der Waals surface area contributed by atoms with E-state index in [2.05, 4.69) is 16.0 Å². The van der Waals surface area contributed by atoms with Gasteiger partial charge in [0.1, 0.15) is 5.82 Å². The first-order chi connectivity index (χ1) is 14.2. The van der Waals surface area contributed by atoms with Gasteiger partial charge in [-0.2, -0.15) is 5.10 Å². The summed E-state index contributed by atoms with van der Waals surface area (Å²) in [6.07, 6.45) is 7.83. The molecule has 0 N–H and O–H groups in total. The molecule has 29 heavy (non-hydrogen) atoms. The van der Waals surface area contributed by atoms with Gasteiger partial charge < -0.3 is 0 Å². The summed E-state index contributed by atoms with van der Waals surface area (Å²) in [7, 11) is 0. The fraction of sp³-hybridized carbons (Fsp3) is 0.261. The van der Waals surface area contributed by atoms with Gasteiger partial charge in [-0.1, -0.05) is 12.1 Å². The molecule has 3 aromatic heterocycles. The number of aromatic nitrogens is 4. The number of nitrogens with zero attached hydrogens (tertiary/aromatic N) is 5. The maximum Gasteiger partial charge on any atom is 0.156 e. The third kappa shape index (κ3) is 3.89. The second kappa shape index (κ2) is 7.72. The Balaban J connectivity index is 1.35. The monoisotopic (exact) mass is 387 g/mol. The van der Waals surface area contributed by atoms with Crippen molar-refractivity contribution in [3.63, 3.8) is 0 Å². The van der Waals surface area contributed by atoms with E-state index in [1.165, 1.54) is 12.1 Å². The molecule has 5 nitrogen and oxygen atoms in total. The maximum absolute atomic E-state index is 13.2. The average Bonchev–Trinajstić information content (AvgIpc) is 3.20. The minimum atomic E-state index is -0.190. The van der Waals surface area contributed by atoms with Crippen LogP contribution in [0.3, 0.4) is 0 Å². The highest BCUT2D eigenvalue weighted by molar-refractivity contribution is 5.63. The van der Waals surface area contributed by atoms with Crippen molar-refractivity contribution in [3.05, 3.63) is 84.3 Å². The molecule has 6 heteroatoms. The van der Waals surface area contributed by atoms with Crippen molar-refractivity contribution < 1.29 is 4.39 Å². The van der Waals surface area contributed by atoms with E-state index in [0.29, 0.717) is 5.92 Å². The summed E-state index contributed by atoms with van der Waals surface area (Å²) < 4.78 is 15.0. The van der Waals surface area contributed by atoms with E-state index in [0.717, 1.165) is 60.6 Å². The van der Waals surface area contributed by atoms with Crippen LogP contribution in [0, 0.1) is 5.82 Å². The van der Waals surface area contributed by atoms with E-state index in [1.807, 2.05) is 41.0 Å². The molecule has 0 saturated carbocycles. The predicted octanol–water partition coefficient (Wildman–Crippen LogP) is 4.31. The van der Waals surface area contributed by atoms with Crippen LogP contribution in [-0.4, -0.2) is 37.6 Å². The molecule has 1 saturated heterocycles. The van der Waals surface area contributed by atoms with Gasteiger partial charge in [-0.05, 0) is 66.9 Å². The molecule has 4 heterocycles. The number of piperidine rings is 1. The molecule has 0 radical (unpaired) electrons. The van der Waals surface area contributed by atoms with E-state index in [-0.39, 0.29) is 5.82 Å². The van der Waals surface area contributed by atoms with Gasteiger partial charge in [0, 0.05) is 43.2 Å². The molecule has 1 aromatic carbocycles. The molecule has 1 aliphatic heterocycles. The summed E-state index contributed by atoms with van der Waals surface area (Å²) in [5, 5.41) is 4.79. The van der Waals surface area contributed by atoms with E-state index in [1.54, 1.807) is 12.4 Å². The van der Waals surface area contributed by atoms with Gasteiger partial charge in [-0.3, -0.25) is 9.88 Å². The summed E-state index contributed by atoms with van der Waals surface area (Å²) in [6, 6.07) is 14.9. The molecule has 1 fully saturated rings. The van der Waals surface area contributed by atoms with E-state index in [4.69, 9.17) is 10.1 Å². The topological polar surface area (TPSA) is 46.3 Å². The van der Waals surface area contributed by atoms with Gasteiger partial charge in [0.15, 0.2) is 11.5 Å². The summed E-state index contributed by atoms with van der Waals surface area (Å²) in [6.45, 7) is 2.80. The Morgan fingerprint density at radius 3 is 2.62 bits per heavy atom. The summed E-state index contributed by atoms with van der Waals surface area (Å²) in [5.41, 5.74) is 4.21. The molecule has 146 valence electrons. The van der Waals surface area contributed by atoms with Crippen LogP contribution in [0.25, 0.3) is 16.8 Å². The Labute approximate surface area is 168 Å². The highest BCUT2D eigenvalue weighted by atomic mass is 19.1. The Morgan fingerprint density at radius 2 is 1.79 bits per heavy atom. The SMILES string of the molecule is Fc1ccc(CN2CCCC(c3nc4ccc(-c5ccncc5)cn4n3)C2)cc1. The molecular formula is C23H22FN5. The van der Waals surface area contributed by atoms with E-state index < -0.39 is 0 Å². The normalized spacial score (nSPS) is 17.6. The van der Waals surface area contributed by atoms with E-state index >= 15 is 0 Å². The smallest absolute Gasteiger partial charge is 0.156 e. The molecule has 5 rings (SSSR count). The third-order valence-electron chi connectivity index (χ3n) is 5.55. The van der Waals surface area contributed by atoms with Crippen molar-refractivity contribution in [2.75, 3.05) is 13.1 Å². The van der Waals surface area contributed by atoms with Crippen LogP contribution in [0.5, 0.6) is 0 Å². The fourth-order valence-corrected chi connectivity index (χ4v) is 4.05. The highest BCUT2D eigenvalue weighted by Gasteiger charge is 2.24. The lowest BCUT2D eigenvalue weighted by atomic mass is 9.97. The number of fused-ring (bicyclic) bond motifs is 1. The third-order valence-corrected chi connectivity index (χ3v) is 5.55. The highest BCUT2D eigenvalue weighted by Crippen LogP contribution is 2.27. The second-order valence-electron chi connectivity index (χ2n) is 7.63. The van der Waals surface area contributed by atoms with Gasteiger partial charge in [-0.15, -0.1) is 0 Å². The van der Waals surface area contributed by atoms with Crippen LogP contribution in [0.4, 0.5) is 4.39 Å². The van der Waals surface area contributed by atoms with Crippen molar-refractivity contribution in [3.8, 4) is 11.1 Å². The number of rotatable bonds is 4. The van der Waals surface area contributed by atoms with Gasteiger partial charge in [0.2, 0.25) is 0 Å². The van der Waals surface area contributed by atoms with Gasteiger partial charge in [-0.25, -0.2) is 13.9 Å². The van der Waals surface area contributed by atoms with Crippen LogP contribution in [-0.2, 0) is 6.54 Å². The number of hydrogen-bond donors (Lipinski definition) is 0. The van der Waals surface area contributed by atoms with Crippen LogP contribution in [0.2, 0.25) is 0 Å². The zero-order valence-corrected chi connectivity index (χ0v) is 16.1. The number of halogens is 1. The standard InChI is InChI=1S/C23H22FN5/c24-21-6-3-17(4-7-21)14-28-13-1-2-20(15-28)23-26-22-8-5-19(16-29(22)27-23)18-9-11-25-12-10-18/h3-12,16,20H,1-2,13-15H2.